The molecule has 0 bridgehead atoms. The van der Waals surface area contributed by atoms with Gasteiger partial charge in [0, 0.05) is 43.2 Å². The van der Waals surface area contributed by atoms with Crippen LogP contribution in [0.4, 0.5) is 0 Å². The second kappa shape index (κ2) is 8.22. The number of hydrogen-bond acceptors (Lipinski definition) is 8. The normalized spacial score (nSPS) is 18.4. The predicted molar refractivity (Wildman–Crippen MR) is 86.3 cm³/mol. The molecule has 1 N–H and O–H groups in total. The van der Waals surface area contributed by atoms with E-state index in [1.807, 2.05) is 0 Å². The first kappa shape index (κ1) is 16.9. The summed E-state index contributed by atoms with van der Waals surface area (Å²) in [6.07, 6.45) is 3.03. The summed E-state index contributed by atoms with van der Waals surface area (Å²) in [4.78, 5) is 17.8. The number of ether oxygens (including phenoxy) is 1. The zero-order valence-electron chi connectivity index (χ0n) is 13.0. The van der Waals surface area contributed by atoms with Gasteiger partial charge in [-0.05, 0) is 12.1 Å². The topological polar surface area (TPSA) is 102 Å². The summed E-state index contributed by atoms with van der Waals surface area (Å²) < 4.78 is 10.8. The number of carbonyl (C=O) groups is 1. The van der Waals surface area contributed by atoms with E-state index in [1.54, 1.807) is 29.4 Å². The molecule has 0 unspecified atom stereocenters. The van der Waals surface area contributed by atoms with Gasteiger partial charge in [0.2, 0.25) is 11.8 Å². The lowest BCUT2D eigenvalue weighted by Crippen LogP contribution is -2.37. The quantitative estimate of drug-likeness (QED) is 0.792. The summed E-state index contributed by atoms with van der Waals surface area (Å²) in [5, 5.41) is 18.0. The molecule has 2 aromatic heterocycles. The highest BCUT2D eigenvalue weighted by Crippen LogP contribution is 2.23. The predicted octanol–water partition coefficient (Wildman–Crippen LogP) is 0.833. The zero-order valence-corrected chi connectivity index (χ0v) is 13.8. The molecule has 1 aliphatic rings. The molecule has 1 fully saturated rings. The average Bonchev–Trinajstić information content (AvgIpc) is 2.96. The minimum absolute atomic E-state index is 0.0130. The van der Waals surface area contributed by atoms with Gasteiger partial charge in [0.05, 0.1) is 19.3 Å². The summed E-state index contributed by atoms with van der Waals surface area (Å²) in [5.41, 5.74) is 0.805. The van der Waals surface area contributed by atoms with Gasteiger partial charge in [-0.25, -0.2) is 0 Å². The van der Waals surface area contributed by atoms with Crippen LogP contribution in [0.3, 0.4) is 0 Å². The van der Waals surface area contributed by atoms with Crippen LogP contribution in [0, 0.1) is 0 Å². The molecule has 2 aromatic rings. The van der Waals surface area contributed by atoms with Crippen molar-refractivity contribution < 1.29 is 19.1 Å². The highest BCUT2D eigenvalue weighted by Gasteiger charge is 2.20. The summed E-state index contributed by atoms with van der Waals surface area (Å²) >= 11 is 1.34. The van der Waals surface area contributed by atoms with Gasteiger partial charge >= 0.3 is 0 Å². The summed E-state index contributed by atoms with van der Waals surface area (Å²) in [5.74, 6) is 0.949. The number of aliphatic hydroxyl groups excluding tert-OH is 1. The smallest absolute Gasteiger partial charge is 0.276 e. The number of hydrogen-bond donors (Lipinski definition) is 1. The fraction of sp³-hybridized carbons (Fsp3) is 0.467. The van der Waals surface area contributed by atoms with Crippen LogP contribution in [-0.4, -0.2) is 69.3 Å². The number of pyridine rings is 1. The Balaban J connectivity index is 1.48. The fourth-order valence-corrected chi connectivity index (χ4v) is 2.97. The Labute approximate surface area is 143 Å². The Morgan fingerprint density at radius 2 is 2.21 bits per heavy atom. The minimum atomic E-state index is -0.622. The Morgan fingerprint density at radius 1 is 1.38 bits per heavy atom. The highest BCUT2D eigenvalue weighted by molar-refractivity contribution is 7.99. The Kier molecular flexibility index (Phi) is 5.78. The standard InChI is InChI=1S/C15H18N4O4S/c20-12-9-19(6-7-22-10-12)13(21)3-8-24-15-18-17-14(23-15)11-1-4-16-5-2-11/h1-2,4-5,12,20H,3,6-10H2/t12-/m0/s1. The van der Waals surface area contributed by atoms with Gasteiger partial charge < -0.3 is 19.2 Å². The average molecular weight is 350 g/mol. The van der Waals surface area contributed by atoms with Crippen molar-refractivity contribution in [2.24, 2.45) is 0 Å². The van der Waals surface area contributed by atoms with Gasteiger partial charge in [0.1, 0.15) is 0 Å². The lowest BCUT2D eigenvalue weighted by atomic mass is 10.3. The van der Waals surface area contributed by atoms with Crippen LogP contribution in [-0.2, 0) is 9.53 Å². The van der Waals surface area contributed by atoms with Crippen LogP contribution in [0.1, 0.15) is 6.42 Å². The van der Waals surface area contributed by atoms with Gasteiger partial charge in [-0.2, -0.15) is 0 Å². The van der Waals surface area contributed by atoms with Crippen LogP contribution in [0.5, 0.6) is 0 Å². The first-order valence-corrected chi connectivity index (χ1v) is 8.61. The molecule has 24 heavy (non-hydrogen) atoms. The first-order valence-electron chi connectivity index (χ1n) is 7.62. The minimum Gasteiger partial charge on any atom is -0.411 e. The summed E-state index contributed by atoms with van der Waals surface area (Å²) in [6, 6.07) is 3.58. The van der Waals surface area contributed by atoms with E-state index in [0.29, 0.717) is 43.0 Å². The van der Waals surface area contributed by atoms with E-state index in [9.17, 15) is 9.90 Å². The van der Waals surface area contributed by atoms with E-state index in [0.717, 1.165) is 5.56 Å². The Morgan fingerprint density at radius 3 is 3.04 bits per heavy atom. The molecule has 1 atom stereocenters. The van der Waals surface area contributed by atoms with Crippen molar-refractivity contribution in [3.8, 4) is 11.5 Å². The maximum absolute atomic E-state index is 12.2. The molecule has 0 aliphatic carbocycles. The maximum Gasteiger partial charge on any atom is 0.276 e. The van der Waals surface area contributed by atoms with Crippen LogP contribution in [0.2, 0.25) is 0 Å². The number of aliphatic hydroxyl groups is 1. The maximum atomic E-state index is 12.2. The lowest BCUT2D eigenvalue weighted by Gasteiger charge is -2.21. The molecule has 0 saturated carbocycles. The number of thioether (sulfide) groups is 1. The van der Waals surface area contributed by atoms with Crippen molar-refractivity contribution in [1.82, 2.24) is 20.1 Å². The Bertz CT molecular complexity index is 667. The monoisotopic (exact) mass is 350 g/mol. The second-order valence-corrected chi connectivity index (χ2v) is 6.32. The molecule has 0 radical (unpaired) electrons. The molecular weight excluding hydrogens is 332 g/mol. The van der Waals surface area contributed by atoms with Crippen molar-refractivity contribution in [3.63, 3.8) is 0 Å². The first-order chi connectivity index (χ1) is 11.7. The third kappa shape index (κ3) is 4.53. The van der Waals surface area contributed by atoms with Crippen LogP contribution in [0.15, 0.2) is 34.2 Å². The number of rotatable bonds is 5. The van der Waals surface area contributed by atoms with Gasteiger partial charge in [-0.3, -0.25) is 9.78 Å². The molecular formula is C15H18N4O4S. The van der Waals surface area contributed by atoms with Crippen molar-refractivity contribution in [3.05, 3.63) is 24.5 Å². The van der Waals surface area contributed by atoms with Crippen molar-refractivity contribution in [2.75, 3.05) is 32.1 Å². The molecule has 9 heteroatoms. The SMILES string of the molecule is O=C(CCSc1nnc(-c2ccncc2)o1)N1CCOC[C@@H](O)C1. The molecule has 0 aromatic carbocycles. The highest BCUT2D eigenvalue weighted by atomic mass is 32.2. The van der Waals surface area contributed by atoms with E-state index in [4.69, 9.17) is 9.15 Å². The largest absolute Gasteiger partial charge is 0.411 e. The third-order valence-electron chi connectivity index (χ3n) is 3.47. The molecule has 3 rings (SSSR count). The fourth-order valence-electron chi connectivity index (χ4n) is 2.28. The molecule has 1 aliphatic heterocycles. The molecule has 1 saturated heterocycles. The van der Waals surface area contributed by atoms with E-state index < -0.39 is 6.10 Å². The summed E-state index contributed by atoms with van der Waals surface area (Å²) in [7, 11) is 0. The van der Waals surface area contributed by atoms with Crippen molar-refractivity contribution >= 4 is 17.7 Å². The van der Waals surface area contributed by atoms with E-state index >= 15 is 0 Å². The van der Waals surface area contributed by atoms with Crippen LogP contribution >= 0.6 is 11.8 Å². The van der Waals surface area contributed by atoms with Crippen molar-refractivity contribution in [2.45, 2.75) is 17.7 Å². The van der Waals surface area contributed by atoms with E-state index in [2.05, 4.69) is 15.2 Å². The van der Waals surface area contributed by atoms with E-state index in [1.165, 1.54) is 11.8 Å². The number of carbonyl (C=O) groups excluding carboxylic acids is 1. The molecule has 128 valence electrons. The number of nitrogens with zero attached hydrogens (tertiary/aromatic N) is 4. The van der Waals surface area contributed by atoms with Gasteiger partial charge in [0.25, 0.3) is 5.22 Å². The van der Waals surface area contributed by atoms with Gasteiger partial charge in [-0.15, -0.1) is 10.2 Å². The van der Waals surface area contributed by atoms with Gasteiger partial charge in [0.15, 0.2) is 0 Å². The Hall–Kier alpha value is -1.97. The van der Waals surface area contributed by atoms with Gasteiger partial charge in [-0.1, -0.05) is 11.8 Å². The zero-order chi connectivity index (χ0) is 16.8. The molecule has 3 heterocycles. The van der Waals surface area contributed by atoms with Crippen molar-refractivity contribution in [1.29, 1.82) is 0 Å². The summed E-state index contributed by atoms with van der Waals surface area (Å²) in [6.45, 7) is 1.55. The molecule has 0 spiro atoms. The third-order valence-corrected chi connectivity index (χ3v) is 4.29. The number of β-amino-alcohol motifs (C(OH)–C–C–N with tert-alkyl or cyclic N) is 1. The van der Waals surface area contributed by atoms with Crippen LogP contribution < -0.4 is 0 Å². The second-order valence-electron chi connectivity index (χ2n) is 5.28. The molecule has 8 nitrogen and oxygen atoms in total. The molecule has 1 amide bonds. The number of amides is 1. The lowest BCUT2D eigenvalue weighted by molar-refractivity contribution is -0.131. The number of aromatic nitrogens is 3. The van der Waals surface area contributed by atoms with E-state index in [-0.39, 0.29) is 12.5 Å². The van der Waals surface area contributed by atoms with Crippen LogP contribution in [0.25, 0.3) is 11.5 Å².